The minimum Gasteiger partial charge on any atom is -0.352 e. The predicted octanol–water partition coefficient (Wildman–Crippen LogP) is 2.38. The lowest BCUT2D eigenvalue weighted by Crippen LogP contribution is -2.53. The van der Waals surface area contributed by atoms with Crippen molar-refractivity contribution in [1.82, 2.24) is 15.1 Å². The summed E-state index contributed by atoms with van der Waals surface area (Å²) >= 11 is 0. The van der Waals surface area contributed by atoms with Crippen LogP contribution in [0.2, 0.25) is 0 Å². The molecule has 3 rings (SSSR count). The first-order valence-electron chi connectivity index (χ1n) is 9.52. The fourth-order valence-electron chi connectivity index (χ4n) is 4.48. The van der Waals surface area contributed by atoms with E-state index in [1.807, 2.05) is 0 Å². The predicted molar refractivity (Wildman–Crippen MR) is 89.9 cm³/mol. The van der Waals surface area contributed by atoms with Crippen LogP contribution in [0, 0.1) is 0 Å². The van der Waals surface area contributed by atoms with Crippen molar-refractivity contribution in [3.05, 3.63) is 0 Å². The minimum absolute atomic E-state index is 0.0444. The van der Waals surface area contributed by atoms with Crippen molar-refractivity contribution in [3.63, 3.8) is 0 Å². The van der Waals surface area contributed by atoms with Crippen molar-refractivity contribution in [2.75, 3.05) is 26.2 Å². The third-order valence-electron chi connectivity index (χ3n) is 6.03. The summed E-state index contributed by atoms with van der Waals surface area (Å²) in [6.45, 7) is 6.84. The highest BCUT2D eigenvalue weighted by atomic mass is 16.2. The number of carbonyl (C=O) groups is 1. The number of nitrogens with one attached hydrogen (secondary N) is 1. The fourth-order valence-corrected chi connectivity index (χ4v) is 4.48. The van der Waals surface area contributed by atoms with Gasteiger partial charge in [-0.3, -0.25) is 9.69 Å². The van der Waals surface area contributed by atoms with E-state index >= 15 is 0 Å². The van der Waals surface area contributed by atoms with Gasteiger partial charge in [-0.1, -0.05) is 19.3 Å². The van der Waals surface area contributed by atoms with Crippen LogP contribution in [-0.2, 0) is 4.79 Å². The molecule has 0 radical (unpaired) electrons. The van der Waals surface area contributed by atoms with E-state index in [1.165, 1.54) is 70.9 Å². The van der Waals surface area contributed by atoms with Gasteiger partial charge in [-0.05, 0) is 58.5 Å². The molecule has 1 amide bonds. The summed E-state index contributed by atoms with van der Waals surface area (Å²) in [5, 5.41) is 3.26. The van der Waals surface area contributed by atoms with Gasteiger partial charge in [0.1, 0.15) is 0 Å². The van der Waals surface area contributed by atoms with Crippen LogP contribution in [0.15, 0.2) is 0 Å². The molecule has 22 heavy (non-hydrogen) atoms. The van der Waals surface area contributed by atoms with E-state index in [0.717, 1.165) is 19.1 Å². The molecule has 1 atom stereocenters. The Kier molecular flexibility index (Phi) is 5.75. The molecule has 0 bridgehead atoms. The van der Waals surface area contributed by atoms with Crippen molar-refractivity contribution < 1.29 is 4.79 Å². The Hall–Kier alpha value is -0.610. The molecule has 2 aliphatic heterocycles. The van der Waals surface area contributed by atoms with Gasteiger partial charge < -0.3 is 10.2 Å². The van der Waals surface area contributed by atoms with Gasteiger partial charge in [0.15, 0.2) is 0 Å². The molecule has 3 fully saturated rings. The quantitative estimate of drug-likeness (QED) is 0.866. The van der Waals surface area contributed by atoms with Crippen molar-refractivity contribution in [3.8, 4) is 0 Å². The van der Waals surface area contributed by atoms with Crippen LogP contribution in [0.5, 0.6) is 0 Å². The second-order valence-electron chi connectivity index (χ2n) is 7.53. The van der Waals surface area contributed by atoms with Gasteiger partial charge in [-0.2, -0.15) is 0 Å². The maximum absolute atomic E-state index is 12.4. The summed E-state index contributed by atoms with van der Waals surface area (Å²) in [4.78, 5) is 17.5. The van der Waals surface area contributed by atoms with Gasteiger partial charge in [0, 0.05) is 25.2 Å². The largest absolute Gasteiger partial charge is 0.352 e. The number of rotatable bonds is 4. The lowest BCUT2D eigenvalue weighted by atomic mass is 9.99. The Labute approximate surface area is 135 Å². The number of carbonyl (C=O) groups excluding carboxylic acids is 1. The number of amides is 1. The summed E-state index contributed by atoms with van der Waals surface area (Å²) in [6.07, 6.45) is 11.5. The van der Waals surface area contributed by atoms with Gasteiger partial charge in [-0.25, -0.2) is 0 Å². The fraction of sp³-hybridized carbons (Fsp3) is 0.944. The first-order valence-corrected chi connectivity index (χ1v) is 9.52. The summed E-state index contributed by atoms with van der Waals surface area (Å²) in [7, 11) is 0. The Morgan fingerprint density at radius 1 is 0.909 bits per heavy atom. The molecule has 1 N–H and O–H groups in total. The summed E-state index contributed by atoms with van der Waals surface area (Å²) in [5.41, 5.74) is 0. The Morgan fingerprint density at radius 3 is 2.18 bits per heavy atom. The van der Waals surface area contributed by atoms with E-state index in [1.54, 1.807) is 0 Å². The van der Waals surface area contributed by atoms with Gasteiger partial charge in [0.05, 0.1) is 6.04 Å². The molecule has 1 aliphatic carbocycles. The maximum atomic E-state index is 12.4. The van der Waals surface area contributed by atoms with Gasteiger partial charge in [0.25, 0.3) is 0 Å². The average molecular weight is 307 g/mol. The molecule has 4 heteroatoms. The number of hydrogen-bond acceptors (Lipinski definition) is 3. The molecular weight excluding hydrogens is 274 g/mol. The van der Waals surface area contributed by atoms with Crippen molar-refractivity contribution in [2.24, 2.45) is 0 Å². The van der Waals surface area contributed by atoms with E-state index < -0.39 is 0 Å². The lowest BCUT2D eigenvalue weighted by Gasteiger charge is -2.41. The molecule has 2 heterocycles. The van der Waals surface area contributed by atoms with Crippen LogP contribution in [-0.4, -0.2) is 60.0 Å². The zero-order valence-electron chi connectivity index (χ0n) is 14.2. The number of nitrogens with zero attached hydrogens (tertiary/aromatic N) is 2. The SMILES string of the molecule is C[C@@H](C(=O)NC1CCCC1)N1CCC(N2CCCCC2)CC1. The molecule has 4 nitrogen and oxygen atoms in total. The van der Waals surface area contributed by atoms with Crippen LogP contribution >= 0.6 is 0 Å². The number of hydrogen-bond donors (Lipinski definition) is 1. The molecule has 2 saturated heterocycles. The summed E-state index contributed by atoms with van der Waals surface area (Å²) < 4.78 is 0. The number of likely N-dealkylation sites (tertiary alicyclic amines) is 2. The monoisotopic (exact) mass is 307 g/mol. The van der Waals surface area contributed by atoms with E-state index in [9.17, 15) is 4.79 Å². The van der Waals surface area contributed by atoms with Gasteiger partial charge >= 0.3 is 0 Å². The van der Waals surface area contributed by atoms with Crippen molar-refractivity contribution >= 4 is 5.91 Å². The molecule has 0 spiro atoms. The van der Waals surface area contributed by atoms with Crippen LogP contribution in [0.4, 0.5) is 0 Å². The molecule has 3 aliphatic rings. The molecule has 126 valence electrons. The molecule has 1 saturated carbocycles. The highest BCUT2D eigenvalue weighted by Crippen LogP contribution is 2.22. The zero-order chi connectivity index (χ0) is 15.4. The Bertz CT molecular complexity index is 353. The second kappa shape index (κ2) is 7.78. The first-order chi connectivity index (χ1) is 10.7. The first kappa shape index (κ1) is 16.3. The Balaban J connectivity index is 1.42. The standard InChI is InChI=1S/C18H33N3O/c1-15(18(22)19-16-7-3-4-8-16)20-13-9-17(10-14-20)21-11-5-2-6-12-21/h15-17H,2-14H2,1H3,(H,19,22)/t15-/m0/s1. The summed E-state index contributed by atoms with van der Waals surface area (Å²) in [6, 6.07) is 1.25. The maximum Gasteiger partial charge on any atom is 0.237 e. The van der Waals surface area contributed by atoms with Gasteiger partial charge in [-0.15, -0.1) is 0 Å². The molecular formula is C18H33N3O. The van der Waals surface area contributed by atoms with E-state index in [-0.39, 0.29) is 11.9 Å². The molecule has 0 aromatic carbocycles. The second-order valence-corrected chi connectivity index (χ2v) is 7.53. The third kappa shape index (κ3) is 4.02. The minimum atomic E-state index is 0.0444. The van der Waals surface area contributed by atoms with E-state index in [2.05, 4.69) is 22.0 Å². The topological polar surface area (TPSA) is 35.6 Å². The average Bonchev–Trinajstić information content (AvgIpc) is 3.08. The number of piperidine rings is 2. The van der Waals surface area contributed by atoms with Crippen LogP contribution in [0.3, 0.4) is 0 Å². The van der Waals surface area contributed by atoms with Crippen molar-refractivity contribution in [1.29, 1.82) is 0 Å². The molecule has 0 unspecified atom stereocenters. The highest BCUT2D eigenvalue weighted by molar-refractivity contribution is 5.81. The Morgan fingerprint density at radius 2 is 1.55 bits per heavy atom. The molecule has 0 aromatic rings. The zero-order valence-corrected chi connectivity index (χ0v) is 14.2. The van der Waals surface area contributed by atoms with Crippen molar-refractivity contribution in [2.45, 2.75) is 82.8 Å². The molecule has 0 aromatic heterocycles. The summed E-state index contributed by atoms with van der Waals surface area (Å²) in [5.74, 6) is 0.253. The van der Waals surface area contributed by atoms with E-state index in [0.29, 0.717) is 6.04 Å². The van der Waals surface area contributed by atoms with Gasteiger partial charge in [0.2, 0.25) is 5.91 Å². The smallest absolute Gasteiger partial charge is 0.237 e. The lowest BCUT2D eigenvalue weighted by molar-refractivity contribution is -0.127. The third-order valence-corrected chi connectivity index (χ3v) is 6.03. The highest BCUT2D eigenvalue weighted by Gasteiger charge is 2.30. The normalized spacial score (nSPS) is 27.9. The van der Waals surface area contributed by atoms with Crippen LogP contribution in [0.1, 0.15) is 64.7 Å². The van der Waals surface area contributed by atoms with E-state index in [4.69, 9.17) is 0 Å². The van der Waals surface area contributed by atoms with Crippen LogP contribution < -0.4 is 5.32 Å². The van der Waals surface area contributed by atoms with Crippen LogP contribution in [0.25, 0.3) is 0 Å².